The average Bonchev–Trinajstić information content (AvgIpc) is 2.42. The summed E-state index contributed by atoms with van der Waals surface area (Å²) in [6, 6.07) is 3.50. The Morgan fingerprint density at radius 3 is 2.68 bits per heavy atom. The van der Waals surface area contributed by atoms with E-state index in [0.717, 1.165) is 6.42 Å². The molecule has 4 N–H and O–H groups in total. The lowest BCUT2D eigenvalue weighted by atomic mass is 10.2. The maximum Gasteiger partial charge on any atom is 0.407 e. The van der Waals surface area contributed by atoms with Gasteiger partial charge in [0.2, 0.25) is 5.88 Å². The molecule has 0 bridgehead atoms. The van der Waals surface area contributed by atoms with Crippen LogP contribution < -0.4 is 21.1 Å². The van der Waals surface area contributed by atoms with Crippen LogP contribution in [0.25, 0.3) is 0 Å². The molecule has 0 aliphatic carbocycles. The van der Waals surface area contributed by atoms with Crippen LogP contribution in [-0.2, 0) is 4.74 Å². The molecule has 1 heterocycles. The summed E-state index contributed by atoms with van der Waals surface area (Å²) in [5.41, 5.74) is 5.80. The number of hydrogen-bond donors (Lipinski definition) is 3. The lowest BCUT2D eigenvalue weighted by molar-refractivity contribution is 0.0530. The summed E-state index contributed by atoms with van der Waals surface area (Å²) in [6.07, 6.45) is 0.449. The van der Waals surface area contributed by atoms with Gasteiger partial charge in [-0.05, 0) is 39.3 Å². The first-order valence-corrected chi connectivity index (χ1v) is 7.42. The molecular formula is C15H26N4O3. The number of amides is 1. The molecule has 0 saturated carbocycles. The van der Waals surface area contributed by atoms with Gasteiger partial charge in [0.05, 0.1) is 12.3 Å². The zero-order valence-corrected chi connectivity index (χ0v) is 13.7. The number of aromatic nitrogens is 1. The van der Waals surface area contributed by atoms with E-state index in [0.29, 0.717) is 37.1 Å². The maximum atomic E-state index is 11.5. The Morgan fingerprint density at radius 2 is 2.05 bits per heavy atom. The molecule has 1 rings (SSSR count). The number of carbonyl (C=O) groups excluding carboxylic acids is 1. The van der Waals surface area contributed by atoms with E-state index in [1.165, 1.54) is 0 Å². The molecule has 7 heteroatoms. The van der Waals surface area contributed by atoms with Gasteiger partial charge in [-0.2, -0.15) is 4.98 Å². The van der Waals surface area contributed by atoms with Gasteiger partial charge in [0, 0.05) is 13.1 Å². The molecule has 0 atom stereocenters. The van der Waals surface area contributed by atoms with Crippen LogP contribution in [0.3, 0.4) is 0 Å². The van der Waals surface area contributed by atoms with E-state index in [4.69, 9.17) is 15.2 Å². The number of rotatable bonds is 7. The zero-order chi connectivity index (χ0) is 16.6. The Balaban J connectivity index is 2.37. The van der Waals surface area contributed by atoms with Crippen molar-refractivity contribution in [2.45, 2.75) is 39.7 Å². The summed E-state index contributed by atoms with van der Waals surface area (Å²) in [7, 11) is 0. The smallest absolute Gasteiger partial charge is 0.407 e. The molecule has 7 nitrogen and oxygen atoms in total. The molecule has 0 radical (unpaired) electrons. The van der Waals surface area contributed by atoms with Crippen molar-refractivity contribution in [3.8, 4) is 5.88 Å². The van der Waals surface area contributed by atoms with Crippen molar-refractivity contribution in [1.29, 1.82) is 0 Å². The van der Waals surface area contributed by atoms with Crippen molar-refractivity contribution in [2.75, 3.05) is 30.7 Å². The Labute approximate surface area is 131 Å². The van der Waals surface area contributed by atoms with Gasteiger partial charge in [0.1, 0.15) is 11.4 Å². The van der Waals surface area contributed by atoms with Gasteiger partial charge in [0.15, 0.2) is 0 Å². The minimum Gasteiger partial charge on any atom is -0.476 e. The highest BCUT2D eigenvalue weighted by Crippen LogP contribution is 2.20. The highest BCUT2D eigenvalue weighted by molar-refractivity contribution is 5.67. The van der Waals surface area contributed by atoms with Gasteiger partial charge in [-0.25, -0.2) is 4.79 Å². The molecule has 1 amide bonds. The molecule has 0 unspecified atom stereocenters. The van der Waals surface area contributed by atoms with Crippen molar-refractivity contribution in [3.63, 3.8) is 0 Å². The van der Waals surface area contributed by atoms with Gasteiger partial charge in [-0.3, -0.25) is 0 Å². The molecule has 22 heavy (non-hydrogen) atoms. The summed E-state index contributed by atoms with van der Waals surface area (Å²) in [6.45, 7) is 8.99. The van der Waals surface area contributed by atoms with Crippen LogP contribution in [0.4, 0.5) is 16.3 Å². The molecule has 1 aromatic heterocycles. The van der Waals surface area contributed by atoms with Gasteiger partial charge in [-0.1, -0.05) is 6.92 Å². The second-order valence-electron chi connectivity index (χ2n) is 5.79. The molecule has 0 spiro atoms. The third-order valence-electron chi connectivity index (χ3n) is 2.43. The summed E-state index contributed by atoms with van der Waals surface area (Å²) < 4.78 is 10.6. The van der Waals surface area contributed by atoms with Crippen LogP contribution in [0, 0.1) is 0 Å². The number of alkyl carbamates (subject to hydrolysis) is 1. The van der Waals surface area contributed by atoms with Crippen molar-refractivity contribution in [2.24, 2.45) is 0 Å². The fraction of sp³-hybridized carbons (Fsp3) is 0.600. The molecule has 0 saturated heterocycles. The monoisotopic (exact) mass is 310 g/mol. The normalized spacial score (nSPS) is 10.9. The van der Waals surface area contributed by atoms with E-state index < -0.39 is 11.7 Å². The van der Waals surface area contributed by atoms with E-state index in [2.05, 4.69) is 15.6 Å². The van der Waals surface area contributed by atoms with Crippen molar-refractivity contribution in [3.05, 3.63) is 12.1 Å². The van der Waals surface area contributed by atoms with E-state index in [1.807, 2.05) is 27.7 Å². The predicted octanol–water partition coefficient (Wildman–Crippen LogP) is 2.39. The van der Waals surface area contributed by atoms with Gasteiger partial charge in [0.25, 0.3) is 0 Å². The van der Waals surface area contributed by atoms with Gasteiger partial charge < -0.3 is 25.8 Å². The molecule has 124 valence electrons. The van der Waals surface area contributed by atoms with Crippen LogP contribution in [0.1, 0.15) is 34.1 Å². The molecular weight excluding hydrogens is 284 g/mol. The zero-order valence-electron chi connectivity index (χ0n) is 13.7. The number of nitrogens with one attached hydrogen (secondary N) is 2. The van der Waals surface area contributed by atoms with Crippen molar-refractivity contribution < 1.29 is 14.3 Å². The van der Waals surface area contributed by atoms with Crippen LogP contribution in [-0.4, -0.2) is 36.4 Å². The van der Waals surface area contributed by atoms with Crippen LogP contribution in [0.2, 0.25) is 0 Å². The fourth-order valence-corrected chi connectivity index (χ4v) is 1.53. The summed E-state index contributed by atoms with van der Waals surface area (Å²) >= 11 is 0. The van der Waals surface area contributed by atoms with Gasteiger partial charge in [-0.15, -0.1) is 0 Å². The number of carbonyl (C=O) groups is 1. The first kappa shape index (κ1) is 17.9. The third-order valence-corrected chi connectivity index (χ3v) is 2.43. The second-order valence-corrected chi connectivity index (χ2v) is 5.79. The molecule has 0 aliphatic heterocycles. The lowest BCUT2D eigenvalue weighted by Gasteiger charge is -2.19. The van der Waals surface area contributed by atoms with E-state index in [-0.39, 0.29) is 0 Å². The van der Waals surface area contributed by atoms with Crippen LogP contribution in [0.5, 0.6) is 5.88 Å². The van der Waals surface area contributed by atoms with E-state index >= 15 is 0 Å². The quantitative estimate of drug-likeness (QED) is 0.669. The summed E-state index contributed by atoms with van der Waals surface area (Å²) in [5.74, 6) is 1.07. The minimum absolute atomic E-state index is 0.423. The van der Waals surface area contributed by atoms with E-state index in [1.54, 1.807) is 12.1 Å². The molecule has 1 aromatic rings. The van der Waals surface area contributed by atoms with Crippen LogP contribution >= 0.6 is 0 Å². The summed E-state index contributed by atoms with van der Waals surface area (Å²) in [5, 5.41) is 5.75. The Kier molecular flexibility index (Phi) is 6.75. The number of anilines is 2. The fourth-order valence-electron chi connectivity index (χ4n) is 1.53. The minimum atomic E-state index is -0.498. The maximum absolute atomic E-state index is 11.5. The average molecular weight is 310 g/mol. The standard InChI is InChI=1S/C15H26N4O3/c1-5-10-21-13-11(16)6-7-12(19-13)17-8-9-18-14(20)22-15(2,3)4/h6-7H,5,8-10,16H2,1-4H3,(H,17,19)(H,18,20). The Morgan fingerprint density at radius 1 is 1.32 bits per heavy atom. The molecule has 0 aliphatic rings. The molecule has 0 aromatic carbocycles. The highest BCUT2D eigenvalue weighted by Gasteiger charge is 2.15. The first-order valence-electron chi connectivity index (χ1n) is 7.42. The first-order chi connectivity index (χ1) is 10.3. The third kappa shape index (κ3) is 7.01. The largest absolute Gasteiger partial charge is 0.476 e. The van der Waals surface area contributed by atoms with Gasteiger partial charge >= 0.3 is 6.09 Å². The number of nitrogen functional groups attached to an aromatic ring is 1. The van der Waals surface area contributed by atoms with Crippen LogP contribution in [0.15, 0.2) is 12.1 Å². The number of pyridine rings is 1. The number of ether oxygens (including phenoxy) is 2. The SMILES string of the molecule is CCCOc1nc(NCCNC(=O)OC(C)(C)C)ccc1N. The Hall–Kier alpha value is -2.18. The lowest BCUT2D eigenvalue weighted by Crippen LogP contribution is -2.35. The van der Waals surface area contributed by atoms with Crippen molar-refractivity contribution >= 4 is 17.6 Å². The van der Waals surface area contributed by atoms with E-state index in [9.17, 15) is 4.79 Å². The number of nitrogens with zero attached hydrogens (tertiary/aromatic N) is 1. The highest BCUT2D eigenvalue weighted by atomic mass is 16.6. The predicted molar refractivity (Wildman–Crippen MR) is 87.2 cm³/mol. The topological polar surface area (TPSA) is 98.5 Å². The summed E-state index contributed by atoms with van der Waals surface area (Å²) in [4.78, 5) is 15.8. The second kappa shape index (κ2) is 8.31. The van der Waals surface area contributed by atoms with Crippen molar-refractivity contribution in [1.82, 2.24) is 10.3 Å². The molecule has 0 fully saturated rings. The number of nitrogens with two attached hydrogens (primary N) is 1. The number of hydrogen-bond acceptors (Lipinski definition) is 6. The Bertz CT molecular complexity index is 486.